The fourth-order valence-corrected chi connectivity index (χ4v) is 1.97. The molecule has 0 bridgehead atoms. The molecule has 0 spiro atoms. The zero-order valence-electron chi connectivity index (χ0n) is 10.1. The Bertz CT molecular complexity index is 559. The van der Waals surface area contributed by atoms with Crippen LogP contribution in [0, 0.1) is 0 Å². The largest absolute Gasteiger partial charge is 0.325 e. The number of hydrogen-bond acceptors (Lipinski definition) is 3. The Balaban J connectivity index is 1.60. The Morgan fingerprint density at radius 3 is 3.17 bits per heavy atom. The van der Waals surface area contributed by atoms with Crippen LogP contribution in [0.4, 0.5) is 5.69 Å². The van der Waals surface area contributed by atoms with Crippen LogP contribution in [0.25, 0.3) is 10.9 Å². The Morgan fingerprint density at radius 2 is 2.33 bits per heavy atom. The topological polar surface area (TPSA) is 69.8 Å². The second-order valence-corrected chi connectivity index (χ2v) is 4.66. The molecule has 0 saturated heterocycles. The molecule has 0 unspecified atom stereocenters. The summed E-state index contributed by atoms with van der Waals surface area (Å²) in [5.41, 5.74) is 1.75. The summed E-state index contributed by atoms with van der Waals surface area (Å²) in [6.45, 7) is 0.748. The van der Waals surface area contributed by atoms with Crippen LogP contribution < -0.4 is 10.6 Å². The van der Waals surface area contributed by atoms with Gasteiger partial charge in [0.2, 0.25) is 5.91 Å². The summed E-state index contributed by atoms with van der Waals surface area (Å²) in [6.07, 6.45) is 4.73. The first kappa shape index (κ1) is 11.2. The van der Waals surface area contributed by atoms with Crippen molar-refractivity contribution in [2.24, 2.45) is 0 Å². The first-order chi connectivity index (χ1) is 8.83. The molecule has 1 amide bonds. The third-order valence-corrected chi connectivity index (χ3v) is 3.12. The average molecular weight is 244 g/mol. The minimum absolute atomic E-state index is 0.0388. The van der Waals surface area contributed by atoms with E-state index in [0.29, 0.717) is 12.5 Å². The number of rotatable bonds is 5. The summed E-state index contributed by atoms with van der Waals surface area (Å²) in [5.74, 6) is 0.0388. The fraction of sp³-hybridized carbons (Fsp3) is 0.385. The zero-order chi connectivity index (χ0) is 12.4. The van der Waals surface area contributed by atoms with E-state index in [0.717, 1.165) is 23.1 Å². The maximum absolute atomic E-state index is 11.8. The van der Waals surface area contributed by atoms with E-state index in [2.05, 4.69) is 20.8 Å². The molecule has 0 aliphatic heterocycles. The van der Waals surface area contributed by atoms with Gasteiger partial charge in [-0.25, -0.2) is 0 Å². The molecule has 3 rings (SSSR count). The molecular formula is C13H16N4O. The van der Waals surface area contributed by atoms with Gasteiger partial charge >= 0.3 is 0 Å². The molecule has 1 aromatic carbocycles. The van der Waals surface area contributed by atoms with E-state index in [4.69, 9.17) is 0 Å². The SMILES string of the molecule is O=C(CCNC1CC1)Nc1cccc2[nH]ncc12. The molecule has 1 aliphatic rings. The van der Waals surface area contributed by atoms with Crippen LogP contribution in [0.3, 0.4) is 0 Å². The number of carbonyl (C=O) groups is 1. The van der Waals surface area contributed by atoms with E-state index in [9.17, 15) is 4.79 Å². The highest BCUT2D eigenvalue weighted by Crippen LogP contribution is 2.21. The number of carbonyl (C=O) groups excluding carboxylic acids is 1. The van der Waals surface area contributed by atoms with E-state index < -0.39 is 0 Å². The maximum atomic E-state index is 11.8. The van der Waals surface area contributed by atoms with Crippen LogP contribution in [0.15, 0.2) is 24.4 Å². The third kappa shape index (κ3) is 2.51. The van der Waals surface area contributed by atoms with Crippen molar-refractivity contribution in [1.82, 2.24) is 15.5 Å². The van der Waals surface area contributed by atoms with Crippen molar-refractivity contribution in [3.63, 3.8) is 0 Å². The molecule has 1 heterocycles. The lowest BCUT2D eigenvalue weighted by Gasteiger charge is -2.06. The smallest absolute Gasteiger partial charge is 0.225 e. The van der Waals surface area contributed by atoms with Crippen molar-refractivity contribution in [1.29, 1.82) is 0 Å². The highest BCUT2D eigenvalue weighted by Gasteiger charge is 2.20. The van der Waals surface area contributed by atoms with Gasteiger partial charge in [0.15, 0.2) is 0 Å². The molecule has 0 atom stereocenters. The third-order valence-electron chi connectivity index (χ3n) is 3.12. The highest BCUT2D eigenvalue weighted by molar-refractivity contribution is 6.00. The molecule has 5 heteroatoms. The lowest BCUT2D eigenvalue weighted by molar-refractivity contribution is -0.116. The maximum Gasteiger partial charge on any atom is 0.225 e. The zero-order valence-corrected chi connectivity index (χ0v) is 10.1. The molecule has 5 nitrogen and oxygen atoms in total. The summed E-state index contributed by atoms with van der Waals surface area (Å²) >= 11 is 0. The second kappa shape index (κ2) is 4.78. The number of benzene rings is 1. The number of H-pyrrole nitrogens is 1. The molecular weight excluding hydrogens is 228 g/mol. The lowest BCUT2D eigenvalue weighted by atomic mass is 10.2. The Labute approximate surface area is 105 Å². The lowest BCUT2D eigenvalue weighted by Crippen LogP contribution is -2.23. The van der Waals surface area contributed by atoms with Crippen LogP contribution in [0.2, 0.25) is 0 Å². The predicted molar refractivity (Wildman–Crippen MR) is 70.4 cm³/mol. The van der Waals surface area contributed by atoms with Crippen LogP contribution in [-0.4, -0.2) is 28.7 Å². The normalized spacial score (nSPS) is 14.9. The van der Waals surface area contributed by atoms with Crippen molar-refractivity contribution in [3.05, 3.63) is 24.4 Å². The van der Waals surface area contributed by atoms with Crippen molar-refractivity contribution in [2.75, 3.05) is 11.9 Å². The van der Waals surface area contributed by atoms with Gasteiger partial charge in [0.25, 0.3) is 0 Å². The van der Waals surface area contributed by atoms with E-state index >= 15 is 0 Å². The van der Waals surface area contributed by atoms with Crippen molar-refractivity contribution < 1.29 is 4.79 Å². The van der Waals surface area contributed by atoms with Crippen LogP contribution in [0.5, 0.6) is 0 Å². The molecule has 1 saturated carbocycles. The first-order valence-corrected chi connectivity index (χ1v) is 6.28. The van der Waals surface area contributed by atoms with Crippen LogP contribution >= 0.6 is 0 Å². The molecule has 18 heavy (non-hydrogen) atoms. The summed E-state index contributed by atoms with van der Waals surface area (Å²) in [6, 6.07) is 6.38. The summed E-state index contributed by atoms with van der Waals surface area (Å²) in [4.78, 5) is 11.8. The number of hydrogen-bond donors (Lipinski definition) is 3. The number of nitrogens with one attached hydrogen (secondary N) is 3. The van der Waals surface area contributed by atoms with Crippen molar-refractivity contribution in [3.8, 4) is 0 Å². The Hall–Kier alpha value is -1.88. The summed E-state index contributed by atoms with van der Waals surface area (Å²) < 4.78 is 0. The number of amides is 1. The Kier molecular flexibility index (Phi) is 2.98. The van der Waals surface area contributed by atoms with Gasteiger partial charge in [0.1, 0.15) is 0 Å². The van der Waals surface area contributed by atoms with E-state index in [-0.39, 0.29) is 5.91 Å². The molecule has 1 aliphatic carbocycles. The van der Waals surface area contributed by atoms with E-state index in [1.54, 1.807) is 6.20 Å². The van der Waals surface area contributed by atoms with E-state index in [1.165, 1.54) is 12.8 Å². The van der Waals surface area contributed by atoms with Gasteiger partial charge in [-0.2, -0.15) is 5.10 Å². The minimum atomic E-state index is 0.0388. The Morgan fingerprint density at radius 1 is 1.44 bits per heavy atom. The predicted octanol–water partition coefficient (Wildman–Crippen LogP) is 1.64. The highest BCUT2D eigenvalue weighted by atomic mass is 16.1. The number of aromatic nitrogens is 2. The van der Waals surface area contributed by atoms with Gasteiger partial charge in [-0.05, 0) is 25.0 Å². The number of anilines is 1. The number of aromatic amines is 1. The van der Waals surface area contributed by atoms with Crippen LogP contribution in [-0.2, 0) is 4.79 Å². The fourth-order valence-electron chi connectivity index (χ4n) is 1.97. The van der Waals surface area contributed by atoms with E-state index in [1.807, 2.05) is 18.2 Å². The van der Waals surface area contributed by atoms with Gasteiger partial charge in [-0.3, -0.25) is 9.89 Å². The monoisotopic (exact) mass is 244 g/mol. The molecule has 3 N–H and O–H groups in total. The summed E-state index contributed by atoms with van der Waals surface area (Å²) in [7, 11) is 0. The van der Waals surface area contributed by atoms with Crippen molar-refractivity contribution in [2.45, 2.75) is 25.3 Å². The number of nitrogens with zero attached hydrogens (tertiary/aromatic N) is 1. The minimum Gasteiger partial charge on any atom is -0.325 e. The van der Waals surface area contributed by atoms with Gasteiger partial charge in [0.05, 0.1) is 17.4 Å². The molecule has 0 radical (unpaired) electrons. The summed E-state index contributed by atoms with van der Waals surface area (Å²) in [5, 5.41) is 14.1. The number of fused-ring (bicyclic) bond motifs is 1. The van der Waals surface area contributed by atoms with Crippen molar-refractivity contribution >= 4 is 22.5 Å². The quantitative estimate of drug-likeness (QED) is 0.749. The standard InChI is InChI=1S/C13H16N4O/c18-13(6-7-14-9-4-5-9)16-11-2-1-3-12-10(11)8-15-17-12/h1-3,8-9,14H,4-7H2,(H,15,17)(H,16,18). The van der Waals surface area contributed by atoms with Gasteiger partial charge in [0, 0.05) is 24.4 Å². The average Bonchev–Trinajstić information content (AvgIpc) is 3.05. The van der Waals surface area contributed by atoms with Gasteiger partial charge in [-0.1, -0.05) is 6.07 Å². The molecule has 94 valence electrons. The van der Waals surface area contributed by atoms with Gasteiger partial charge < -0.3 is 10.6 Å². The molecule has 1 fully saturated rings. The first-order valence-electron chi connectivity index (χ1n) is 6.28. The van der Waals surface area contributed by atoms with Gasteiger partial charge in [-0.15, -0.1) is 0 Å². The van der Waals surface area contributed by atoms with Crippen LogP contribution in [0.1, 0.15) is 19.3 Å². The molecule has 2 aromatic rings. The molecule has 1 aromatic heterocycles. The second-order valence-electron chi connectivity index (χ2n) is 4.66.